The molecule has 0 radical (unpaired) electrons. The summed E-state index contributed by atoms with van der Waals surface area (Å²) in [6, 6.07) is 14.7. The topological polar surface area (TPSA) is 78.1 Å². The number of rotatable bonds is 0. The molecule has 0 amide bonds. The number of benzene rings is 3. The molecule has 0 spiro atoms. The quantitative estimate of drug-likeness (QED) is 0.230. The number of fused-ring (bicyclic) bond motifs is 3. The van der Waals surface area contributed by atoms with E-state index in [0.717, 1.165) is 26.0 Å². The Kier molecular flexibility index (Phi) is 9.18. The van der Waals surface area contributed by atoms with Gasteiger partial charge in [0.25, 0.3) is 0 Å². The molecule has 3 aliphatic rings. The minimum atomic E-state index is 0.871. The van der Waals surface area contributed by atoms with Crippen LogP contribution in [0.15, 0.2) is 51.4 Å². The smallest absolute Gasteiger partial charge is 0.0461 e. The van der Waals surface area contributed by atoms with Crippen LogP contribution in [0.4, 0.5) is 17.1 Å². The molecule has 3 aromatic carbocycles. The molecular formula is C30H37Br2N3. The second kappa shape index (κ2) is 12.3. The van der Waals surface area contributed by atoms with Gasteiger partial charge in [-0.15, -0.1) is 0 Å². The predicted octanol–water partition coefficient (Wildman–Crippen LogP) is 7.97. The monoisotopic (exact) mass is 597 g/mol. The molecule has 3 aliphatic carbocycles. The standard InChI is InChI=1S/2C10H12BrN.C10H13N/c11-9-5-7-3-1-2-4-8(7)6-10(9)12;11-10-8-4-2-1-3-7(8)5-6-9(10)12;11-10-6-5-8-3-1-2-4-9(8)7-10/h2*5-6H,1-4,12H2;5-7H,1-4,11H2. The third kappa shape index (κ3) is 6.83. The maximum atomic E-state index is 5.80. The van der Waals surface area contributed by atoms with Gasteiger partial charge in [-0.3, -0.25) is 0 Å². The highest BCUT2D eigenvalue weighted by molar-refractivity contribution is 9.11. The van der Waals surface area contributed by atoms with Crippen molar-refractivity contribution < 1.29 is 0 Å². The van der Waals surface area contributed by atoms with E-state index in [2.05, 4.69) is 62.2 Å². The lowest BCUT2D eigenvalue weighted by atomic mass is 9.91. The first kappa shape index (κ1) is 26.1. The van der Waals surface area contributed by atoms with Gasteiger partial charge in [0.05, 0.1) is 0 Å². The van der Waals surface area contributed by atoms with E-state index in [9.17, 15) is 0 Å². The normalized spacial score (nSPS) is 15.8. The molecule has 0 bridgehead atoms. The minimum absolute atomic E-state index is 0.871. The van der Waals surface area contributed by atoms with Crippen LogP contribution in [-0.2, 0) is 38.5 Å². The van der Waals surface area contributed by atoms with Crippen molar-refractivity contribution in [3.05, 3.63) is 84.8 Å². The summed E-state index contributed by atoms with van der Waals surface area (Å²) in [6.45, 7) is 0. The van der Waals surface area contributed by atoms with E-state index in [1.54, 1.807) is 0 Å². The molecule has 5 heteroatoms. The van der Waals surface area contributed by atoms with E-state index in [1.807, 2.05) is 12.1 Å². The van der Waals surface area contributed by atoms with Crippen LogP contribution in [0.3, 0.4) is 0 Å². The summed E-state index contributed by atoms with van der Waals surface area (Å²) in [6.07, 6.45) is 15.2. The van der Waals surface area contributed by atoms with Crippen molar-refractivity contribution in [2.45, 2.75) is 77.0 Å². The molecule has 3 nitrogen and oxygen atoms in total. The van der Waals surface area contributed by atoms with Gasteiger partial charge in [-0.1, -0.05) is 12.1 Å². The van der Waals surface area contributed by atoms with Crippen molar-refractivity contribution in [3.8, 4) is 0 Å². The molecule has 6 N–H and O–H groups in total. The second-order valence-electron chi connectivity index (χ2n) is 9.90. The highest BCUT2D eigenvalue weighted by Crippen LogP contribution is 2.32. The Morgan fingerprint density at radius 2 is 1.00 bits per heavy atom. The number of nitrogens with two attached hydrogens (primary N) is 3. The molecule has 35 heavy (non-hydrogen) atoms. The third-order valence-corrected chi connectivity index (χ3v) is 8.95. The number of hydrogen-bond acceptors (Lipinski definition) is 3. The number of aryl methyl sites for hydroxylation is 5. The van der Waals surface area contributed by atoms with Gasteiger partial charge < -0.3 is 17.2 Å². The summed E-state index contributed by atoms with van der Waals surface area (Å²) >= 11 is 6.99. The molecule has 0 unspecified atom stereocenters. The van der Waals surface area contributed by atoms with Gasteiger partial charge in [-0.25, -0.2) is 0 Å². The molecule has 3 aromatic rings. The summed E-state index contributed by atoms with van der Waals surface area (Å²) in [5.74, 6) is 0. The van der Waals surface area contributed by atoms with Crippen LogP contribution in [0.1, 0.15) is 71.9 Å². The SMILES string of the molecule is Nc1cc2c(cc1Br)CCCC2.Nc1ccc2c(c1)CCCC2.Nc1ccc2c(c1Br)CCCC2. The zero-order valence-corrected chi connectivity index (χ0v) is 23.7. The van der Waals surface area contributed by atoms with Crippen molar-refractivity contribution in [2.24, 2.45) is 0 Å². The van der Waals surface area contributed by atoms with E-state index in [4.69, 9.17) is 17.2 Å². The van der Waals surface area contributed by atoms with Crippen LogP contribution >= 0.6 is 31.9 Å². The predicted molar refractivity (Wildman–Crippen MR) is 158 cm³/mol. The van der Waals surface area contributed by atoms with Crippen LogP contribution in [0.25, 0.3) is 0 Å². The fourth-order valence-electron chi connectivity index (χ4n) is 5.33. The highest BCUT2D eigenvalue weighted by Gasteiger charge is 2.13. The van der Waals surface area contributed by atoms with E-state index in [-0.39, 0.29) is 0 Å². The van der Waals surface area contributed by atoms with E-state index in [0.29, 0.717) is 0 Å². The first-order chi connectivity index (χ1) is 16.9. The van der Waals surface area contributed by atoms with Crippen LogP contribution < -0.4 is 17.2 Å². The summed E-state index contributed by atoms with van der Waals surface area (Å²) in [4.78, 5) is 0. The van der Waals surface area contributed by atoms with Crippen molar-refractivity contribution in [1.29, 1.82) is 0 Å². The Balaban J connectivity index is 0.000000124. The Bertz CT molecular complexity index is 1140. The highest BCUT2D eigenvalue weighted by atomic mass is 79.9. The van der Waals surface area contributed by atoms with Crippen LogP contribution in [0.2, 0.25) is 0 Å². The molecule has 6 rings (SSSR count). The van der Waals surface area contributed by atoms with Crippen molar-refractivity contribution in [2.75, 3.05) is 17.2 Å². The zero-order valence-electron chi connectivity index (χ0n) is 20.5. The Labute approximate surface area is 227 Å². The lowest BCUT2D eigenvalue weighted by Crippen LogP contribution is -2.04. The van der Waals surface area contributed by atoms with Gasteiger partial charge in [0.15, 0.2) is 0 Å². The molecule has 186 valence electrons. The van der Waals surface area contributed by atoms with E-state index >= 15 is 0 Å². The molecule has 0 atom stereocenters. The van der Waals surface area contributed by atoms with Gasteiger partial charge in [0, 0.05) is 26.0 Å². The van der Waals surface area contributed by atoms with Gasteiger partial charge >= 0.3 is 0 Å². The fraction of sp³-hybridized carbons (Fsp3) is 0.400. The molecule has 0 saturated heterocycles. The number of hydrogen-bond donors (Lipinski definition) is 3. The summed E-state index contributed by atoms with van der Waals surface area (Å²) < 4.78 is 2.17. The van der Waals surface area contributed by atoms with E-state index < -0.39 is 0 Å². The fourth-order valence-corrected chi connectivity index (χ4v) is 6.30. The first-order valence-corrected chi connectivity index (χ1v) is 14.5. The van der Waals surface area contributed by atoms with Crippen molar-refractivity contribution in [1.82, 2.24) is 0 Å². The largest absolute Gasteiger partial charge is 0.399 e. The minimum Gasteiger partial charge on any atom is -0.399 e. The van der Waals surface area contributed by atoms with Crippen molar-refractivity contribution >= 4 is 48.9 Å². The number of nitrogen functional groups attached to an aromatic ring is 3. The Morgan fingerprint density at radius 3 is 1.69 bits per heavy atom. The van der Waals surface area contributed by atoms with Gasteiger partial charge in [-0.2, -0.15) is 0 Å². The van der Waals surface area contributed by atoms with Crippen LogP contribution in [0.5, 0.6) is 0 Å². The third-order valence-electron chi connectivity index (χ3n) is 7.33. The number of anilines is 3. The van der Waals surface area contributed by atoms with E-state index in [1.165, 1.54) is 110 Å². The molecule has 0 fully saturated rings. The number of halogens is 2. The van der Waals surface area contributed by atoms with Gasteiger partial charge in [0.1, 0.15) is 0 Å². The maximum Gasteiger partial charge on any atom is 0.0461 e. The van der Waals surface area contributed by atoms with Crippen molar-refractivity contribution in [3.63, 3.8) is 0 Å². The zero-order chi connectivity index (χ0) is 24.8. The summed E-state index contributed by atoms with van der Waals surface area (Å²) in [5, 5.41) is 0. The molecule has 0 heterocycles. The first-order valence-electron chi connectivity index (χ1n) is 12.9. The average molecular weight is 599 g/mol. The van der Waals surface area contributed by atoms with Gasteiger partial charge in [0.2, 0.25) is 0 Å². The molecule has 0 saturated carbocycles. The second-order valence-corrected chi connectivity index (χ2v) is 11.5. The van der Waals surface area contributed by atoms with Crippen LogP contribution in [0, 0.1) is 0 Å². The lowest BCUT2D eigenvalue weighted by molar-refractivity contribution is 0.683. The maximum absolute atomic E-state index is 5.80. The Morgan fingerprint density at radius 1 is 0.486 bits per heavy atom. The average Bonchev–Trinajstić information content (AvgIpc) is 2.88. The van der Waals surface area contributed by atoms with Crippen LogP contribution in [-0.4, -0.2) is 0 Å². The molecule has 0 aliphatic heterocycles. The summed E-state index contributed by atoms with van der Waals surface area (Å²) in [7, 11) is 0. The molecule has 0 aromatic heterocycles. The van der Waals surface area contributed by atoms with Gasteiger partial charge in [-0.05, 0) is 173 Å². The lowest BCUT2D eigenvalue weighted by Gasteiger charge is -2.17. The molecular weight excluding hydrogens is 562 g/mol. The summed E-state index contributed by atoms with van der Waals surface area (Å²) in [5.41, 5.74) is 28.7. The Hall–Kier alpha value is -1.98.